The maximum atomic E-state index is 12.9. The highest BCUT2D eigenvalue weighted by molar-refractivity contribution is 5.85. The molecule has 0 spiro atoms. The molecule has 6 heteroatoms. The van der Waals surface area contributed by atoms with E-state index in [0.717, 1.165) is 37.2 Å². The molecule has 0 saturated heterocycles. The van der Waals surface area contributed by atoms with Gasteiger partial charge in [-0.05, 0) is 48.4 Å². The van der Waals surface area contributed by atoms with Crippen molar-refractivity contribution in [3.05, 3.63) is 59.4 Å². The highest BCUT2D eigenvalue weighted by Crippen LogP contribution is 2.28. The Morgan fingerprint density at radius 3 is 2.36 bits per heavy atom. The second-order valence-electron chi connectivity index (χ2n) is 5.42. The van der Waals surface area contributed by atoms with Crippen molar-refractivity contribution in [2.45, 2.75) is 19.6 Å². The van der Waals surface area contributed by atoms with E-state index in [1.54, 1.807) is 26.4 Å². The minimum Gasteiger partial charge on any atom is -0.493 e. The van der Waals surface area contributed by atoms with Crippen LogP contribution in [-0.2, 0) is 17.9 Å². The lowest BCUT2D eigenvalue weighted by Gasteiger charge is -2.13. The predicted molar refractivity (Wildman–Crippen MR) is 99.2 cm³/mol. The zero-order valence-corrected chi connectivity index (χ0v) is 15.4. The summed E-state index contributed by atoms with van der Waals surface area (Å²) in [6.07, 6.45) is 0.979. The van der Waals surface area contributed by atoms with E-state index in [-0.39, 0.29) is 18.2 Å². The Hall–Kier alpha value is -1.82. The lowest BCUT2D eigenvalue weighted by atomic mass is 10.2. The van der Waals surface area contributed by atoms with Gasteiger partial charge >= 0.3 is 0 Å². The highest BCUT2D eigenvalue weighted by Gasteiger charge is 2.06. The van der Waals surface area contributed by atoms with Gasteiger partial charge in [-0.2, -0.15) is 0 Å². The quantitative estimate of drug-likeness (QED) is 0.643. The zero-order chi connectivity index (χ0) is 17.2. The van der Waals surface area contributed by atoms with Crippen LogP contribution in [0.4, 0.5) is 4.39 Å². The van der Waals surface area contributed by atoms with Gasteiger partial charge in [-0.15, -0.1) is 12.4 Å². The van der Waals surface area contributed by atoms with Gasteiger partial charge in [-0.25, -0.2) is 4.39 Å². The average Bonchev–Trinajstić information content (AvgIpc) is 2.61. The standard InChI is InChI=1S/C19H24FNO3.ClH/c1-22-11-3-10-21-13-16-6-9-18(19(12-16)23-2)24-14-15-4-7-17(20)8-5-15;/h4-9,12,21H,3,10-11,13-14H2,1-2H3;1H. The number of hydrogen-bond donors (Lipinski definition) is 1. The highest BCUT2D eigenvalue weighted by atomic mass is 35.5. The number of halogens is 2. The third-order valence-electron chi connectivity index (χ3n) is 3.57. The molecule has 0 aromatic heterocycles. The first-order valence-electron chi connectivity index (χ1n) is 7.96. The largest absolute Gasteiger partial charge is 0.493 e. The van der Waals surface area contributed by atoms with Crippen molar-refractivity contribution < 1.29 is 18.6 Å². The first kappa shape index (κ1) is 21.2. The van der Waals surface area contributed by atoms with E-state index in [2.05, 4.69) is 5.32 Å². The number of nitrogens with one attached hydrogen (secondary N) is 1. The zero-order valence-electron chi connectivity index (χ0n) is 14.6. The Bertz CT molecular complexity index is 623. The molecule has 0 unspecified atom stereocenters. The molecular weight excluding hydrogens is 345 g/mol. The van der Waals surface area contributed by atoms with Gasteiger partial charge in [-0.3, -0.25) is 0 Å². The minimum atomic E-state index is -0.251. The fourth-order valence-corrected chi connectivity index (χ4v) is 2.26. The van der Waals surface area contributed by atoms with E-state index in [1.165, 1.54) is 12.1 Å². The van der Waals surface area contributed by atoms with Crippen molar-refractivity contribution in [2.75, 3.05) is 27.4 Å². The van der Waals surface area contributed by atoms with Gasteiger partial charge in [0.25, 0.3) is 0 Å². The molecule has 0 saturated carbocycles. The number of methoxy groups -OCH3 is 2. The summed E-state index contributed by atoms with van der Waals surface area (Å²) in [5.41, 5.74) is 2.03. The van der Waals surface area contributed by atoms with Crippen LogP contribution in [0.25, 0.3) is 0 Å². The third-order valence-corrected chi connectivity index (χ3v) is 3.57. The molecule has 0 aliphatic carbocycles. The molecule has 0 bridgehead atoms. The summed E-state index contributed by atoms with van der Waals surface area (Å²) in [6, 6.07) is 12.1. The molecule has 0 heterocycles. The fourth-order valence-electron chi connectivity index (χ4n) is 2.26. The average molecular weight is 370 g/mol. The number of benzene rings is 2. The van der Waals surface area contributed by atoms with Crippen LogP contribution in [-0.4, -0.2) is 27.4 Å². The van der Waals surface area contributed by atoms with Gasteiger partial charge in [0.15, 0.2) is 11.5 Å². The Kier molecular flexibility index (Phi) is 9.92. The van der Waals surface area contributed by atoms with Crippen molar-refractivity contribution in [1.82, 2.24) is 5.32 Å². The van der Waals surface area contributed by atoms with Crippen LogP contribution in [0.15, 0.2) is 42.5 Å². The van der Waals surface area contributed by atoms with Gasteiger partial charge in [0, 0.05) is 20.3 Å². The summed E-state index contributed by atoms with van der Waals surface area (Å²) < 4.78 is 29.1. The Balaban J connectivity index is 0.00000312. The number of hydrogen-bond acceptors (Lipinski definition) is 4. The van der Waals surface area contributed by atoms with Crippen molar-refractivity contribution in [1.29, 1.82) is 0 Å². The fraction of sp³-hybridized carbons (Fsp3) is 0.368. The molecular formula is C19H25ClFNO3. The summed E-state index contributed by atoms with van der Waals surface area (Å²) in [7, 11) is 3.32. The second-order valence-corrected chi connectivity index (χ2v) is 5.42. The van der Waals surface area contributed by atoms with Crippen molar-refractivity contribution in [3.63, 3.8) is 0 Å². The molecule has 0 aliphatic heterocycles. The van der Waals surface area contributed by atoms with Crippen LogP contribution in [0.2, 0.25) is 0 Å². The van der Waals surface area contributed by atoms with E-state index in [1.807, 2.05) is 18.2 Å². The molecule has 2 rings (SSSR count). The van der Waals surface area contributed by atoms with E-state index >= 15 is 0 Å². The van der Waals surface area contributed by atoms with Crippen molar-refractivity contribution >= 4 is 12.4 Å². The van der Waals surface area contributed by atoms with Crippen molar-refractivity contribution in [3.8, 4) is 11.5 Å². The molecule has 4 nitrogen and oxygen atoms in total. The third kappa shape index (κ3) is 7.30. The van der Waals surface area contributed by atoms with E-state index in [4.69, 9.17) is 14.2 Å². The van der Waals surface area contributed by atoms with Gasteiger partial charge in [0.2, 0.25) is 0 Å². The Labute approximate surface area is 154 Å². The summed E-state index contributed by atoms with van der Waals surface area (Å²) in [6.45, 7) is 2.79. The summed E-state index contributed by atoms with van der Waals surface area (Å²) >= 11 is 0. The van der Waals surface area contributed by atoms with Crippen LogP contribution in [0.1, 0.15) is 17.5 Å². The van der Waals surface area contributed by atoms with E-state index in [9.17, 15) is 4.39 Å². The van der Waals surface area contributed by atoms with E-state index < -0.39 is 0 Å². The van der Waals surface area contributed by atoms with Gasteiger partial charge < -0.3 is 19.5 Å². The molecule has 0 atom stereocenters. The van der Waals surface area contributed by atoms with Crippen LogP contribution < -0.4 is 14.8 Å². The normalized spacial score (nSPS) is 10.2. The molecule has 0 aliphatic rings. The topological polar surface area (TPSA) is 39.7 Å². The predicted octanol–water partition coefficient (Wildman–Crippen LogP) is 3.96. The Morgan fingerprint density at radius 2 is 1.68 bits per heavy atom. The molecule has 2 aromatic rings. The van der Waals surface area contributed by atoms with Crippen LogP contribution in [0.3, 0.4) is 0 Å². The van der Waals surface area contributed by atoms with Crippen LogP contribution in [0.5, 0.6) is 11.5 Å². The second kappa shape index (κ2) is 11.7. The maximum absolute atomic E-state index is 12.9. The first-order chi connectivity index (χ1) is 11.7. The monoisotopic (exact) mass is 369 g/mol. The molecule has 1 N–H and O–H groups in total. The molecule has 2 aromatic carbocycles. The van der Waals surface area contributed by atoms with Gasteiger partial charge in [0.05, 0.1) is 7.11 Å². The number of ether oxygens (including phenoxy) is 3. The van der Waals surface area contributed by atoms with Gasteiger partial charge in [0.1, 0.15) is 12.4 Å². The summed E-state index contributed by atoms with van der Waals surface area (Å²) in [4.78, 5) is 0. The number of rotatable bonds is 10. The lowest BCUT2D eigenvalue weighted by molar-refractivity contribution is 0.194. The Morgan fingerprint density at radius 1 is 0.960 bits per heavy atom. The van der Waals surface area contributed by atoms with Crippen molar-refractivity contribution in [2.24, 2.45) is 0 Å². The van der Waals surface area contributed by atoms with Crippen LogP contribution in [0, 0.1) is 5.82 Å². The first-order valence-corrected chi connectivity index (χ1v) is 7.96. The minimum absolute atomic E-state index is 0. The lowest BCUT2D eigenvalue weighted by Crippen LogP contribution is -2.16. The SMILES string of the molecule is COCCCNCc1ccc(OCc2ccc(F)cc2)c(OC)c1.Cl. The molecule has 25 heavy (non-hydrogen) atoms. The molecule has 0 radical (unpaired) electrons. The van der Waals surface area contributed by atoms with Gasteiger partial charge in [-0.1, -0.05) is 18.2 Å². The molecule has 0 amide bonds. The molecule has 0 fully saturated rings. The van der Waals surface area contributed by atoms with Crippen LogP contribution >= 0.6 is 12.4 Å². The molecule has 138 valence electrons. The smallest absolute Gasteiger partial charge is 0.161 e. The maximum Gasteiger partial charge on any atom is 0.161 e. The summed E-state index contributed by atoms with van der Waals surface area (Å²) in [5.74, 6) is 1.11. The van der Waals surface area contributed by atoms with E-state index in [0.29, 0.717) is 18.1 Å². The summed E-state index contributed by atoms with van der Waals surface area (Å²) in [5, 5.41) is 3.36.